The van der Waals surface area contributed by atoms with E-state index >= 15 is 0 Å². The van der Waals surface area contributed by atoms with E-state index in [0.29, 0.717) is 0 Å². The molecule has 3 rings (SSSR count). The van der Waals surface area contributed by atoms with Crippen LogP contribution in [0.4, 0.5) is 0 Å². The van der Waals surface area contributed by atoms with Crippen LogP contribution in [0.5, 0.6) is 5.75 Å². The monoisotopic (exact) mass is 301 g/mol. The number of rotatable bonds is 3. The van der Waals surface area contributed by atoms with Gasteiger partial charge in [-0.25, -0.2) is 0 Å². The smallest absolute Gasteiger partial charge is 0.123 e. The van der Waals surface area contributed by atoms with Crippen molar-refractivity contribution in [1.29, 1.82) is 0 Å². The molecule has 110 valence electrons. The van der Waals surface area contributed by atoms with Crippen LogP contribution in [0.3, 0.4) is 0 Å². The first-order chi connectivity index (χ1) is 10.0. The van der Waals surface area contributed by atoms with Gasteiger partial charge in [0.1, 0.15) is 5.75 Å². The molecule has 3 heteroatoms. The first-order valence-corrected chi connectivity index (χ1v) is 7.60. The number of nitrogens with one attached hydrogen (secondary N) is 1. The summed E-state index contributed by atoms with van der Waals surface area (Å²) in [7, 11) is 1.93. The molecule has 21 heavy (non-hydrogen) atoms. The molecule has 0 aromatic heterocycles. The van der Waals surface area contributed by atoms with Crippen molar-refractivity contribution >= 4 is 11.6 Å². The van der Waals surface area contributed by atoms with Crippen LogP contribution in [0.2, 0.25) is 5.02 Å². The van der Waals surface area contributed by atoms with Crippen LogP contribution in [0.15, 0.2) is 36.4 Å². The molecule has 1 heterocycles. The molecule has 0 spiro atoms. The van der Waals surface area contributed by atoms with Gasteiger partial charge in [-0.1, -0.05) is 37.6 Å². The first-order valence-electron chi connectivity index (χ1n) is 7.22. The number of fused-ring (bicyclic) bond motifs is 1. The summed E-state index contributed by atoms with van der Waals surface area (Å²) in [6.07, 6.45) is 0. The molecule has 1 aliphatic rings. The SMILES string of the molecule is CNCc1cc(-c2ccc3c(c2)C(C)(C)CO3)ccc1Cl. The molecule has 2 aromatic carbocycles. The van der Waals surface area contributed by atoms with Gasteiger partial charge in [0.05, 0.1) is 6.61 Å². The summed E-state index contributed by atoms with van der Waals surface area (Å²) in [5.74, 6) is 1.01. The Balaban J connectivity index is 2.04. The molecule has 2 nitrogen and oxygen atoms in total. The van der Waals surface area contributed by atoms with E-state index in [9.17, 15) is 0 Å². The van der Waals surface area contributed by atoms with Crippen LogP contribution in [0.1, 0.15) is 25.0 Å². The van der Waals surface area contributed by atoms with E-state index in [0.717, 1.165) is 29.5 Å². The second-order valence-corrected chi connectivity index (χ2v) is 6.63. The molecule has 0 amide bonds. The highest BCUT2D eigenvalue weighted by atomic mass is 35.5. The van der Waals surface area contributed by atoms with E-state index in [1.807, 2.05) is 13.1 Å². The molecule has 0 fully saturated rings. The number of benzene rings is 2. The number of hydrogen-bond donors (Lipinski definition) is 1. The van der Waals surface area contributed by atoms with E-state index in [-0.39, 0.29) is 5.41 Å². The van der Waals surface area contributed by atoms with Crippen molar-refractivity contribution in [2.45, 2.75) is 25.8 Å². The second kappa shape index (κ2) is 5.36. The second-order valence-electron chi connectivity index (χ2n) is 6.22. The van der Waals surface area contributed by atoms with Crippen LogP contribution < -0.4 is 10.1 Å². The van der Waals surface area contributed by atoms with Crippen molar-refractivity contribution in [2.24, 2.45) is 0 Å². The standard InChI is InChI=1S/C18H20ClNO/c1-18(2)11-21-17-7-5-13(9-15(17)18)12-4-6-16(19)14(8-12)10-20-3/h4-9,20H,10-11H2,1-3H3. The zero-order valence-electron chi connectivity index (χ0n) is 12.7. The lowest BCUT2D eigenvalue weighted by molar-refractivity contribution is 0.291. The fourth-order valence-corrected chi connectivity index (χ4v) is 2.96. The third kappa shape index (κ3) is 2.66. The van der Waals surface area contributed by atoms with Crippen molar-refractivity contribution in [3.05, 3.63) is 52.5 Å². The topological polar surface area (TPSA) is 21.3 Å². The molecular weight excluding hydrogens is 282 g/mol. The van der Waals surface area contributed by atoms with Gasteiger partial charge in [-0.2, -0.15) is 0 Å². The largest absolute Gasteiger partial charge is 0.492 e. The predicted octanol–water partition coefficient (Wildman–Crippen LogP) is 4.40. The Morgan fingerprint density at radius 1 is 1.14 bits per heavy atom. The molecule has 0 saturated carbocycles. The maximum Gasteiger partial charge on any atom is 0.123 e. The third-order valence-electron chi connectivity index (χ3n) is 4.04. The summed E-state index contributed by atoms with van der Waals surface area (Å²) in [5, 5.41) is 3.96. The first kappa shape index (κ1) is 14.4. The van der Waals surface area contributed by atoms with Gasteiger partial charge in [0.15, 0.2) is 0 Å². The summed E-state index contributed by atoms with van der Waals surface area (Å²) < 4.78 is 5.75. The Morgan fingerprint density at radius 3 is 2.62 bits per heavy atom. The van der Waals surface area contributed by atoms with E-state index in [2.05, 4.69) is 49.5 Å². The maximum atomic E-state index is 6.24. The van der Waals surface area contributed by atoms with Crippen molar-refractivity contribution in [3.63, 3.8) is 0 Å². The summed E-state index contributed by atoms with van der Waals surface area (Å²) in [6, 6.07) is 12.6. The highest BCUT2D eigenvalue weighted by molar-refractivity contribution is 6.31. The number of hydrogen-bond acceptors (Lipinski definition) is 2. The van der Waals surface area contributed by atoms with Crippen molar-refractivity contribution in [1.82, 2.24) is 5.32 Å². The van der Waals surface area contributed by atoms with Crippen molar-refractivity contribution in [2.75, 3.05) is 13.7 Å². The number of ether oxygens (including phenoxy) is 1. The summed E-state index contributed by atoms with van der Waals surface area (Å²) in [6.45, 7) is 5.96. The van der Waals surface area contributed by atoms with E-state index < -0.39 is 0 Å². The fraction of sp³-hybridized carbons (Fsp3) is 0.333. The van der Waals surface area contributed by atoms with Gasteiger partial charge in [-0.05, 0) is 48.0 Å². The molecule has 1 N–H and O–H groups in total. The van der Waals surface area contributed by atoms with Gasteiger partial charge in [0, 0.05) is 22.5 Å². The average Bonchev–Trinajstić information content (AvgIpc) is 2.77. The predicted molar refractivity (Wildman–Crippen MR) is 88.2 cm³/mol. The lowest BCUT2D eigenvalue weighted by Gasteiger charge is -2.16. The quantitative estimate of drug-likeness (QED) is 0.907. The Kier molecular flexibility index (Phi) is 3.68. The van der Waals surface area contributed by atoms with Crippen LogP contribution in [0.25, 0.3) is 11.1 Å². The molecule has 0 radical (unpaired) electrons. The maximum absolute atomic E-state index is 6.24. The molecule has 0 atom stereocenters. The zero-order chi connectivity index (χ0) is 15.0. The average molecular weight is 302 g/mol. The Morgan fingerprint density at radius 2 is 1.86 bits per heavy atom. The van der Waals surface area contributed by atoms with Crippen LogP contribution >= 0.6 is 11.6 Å². The summed E-state index contributed by atoms with van der Waals surface area (Å²) in [4.78, 5) is 0. The molecule has 0 aliphatic carbocycles. The molecular formula is C18H20ClNO. The highest BCUT2D eigenvalue weighted by Crippen LogP contribution is 2.40. The number of halogens is 1. The summed E-state index contributed by atoms with van der Waals surface area (Å²) in [5.41, 5.74) is 4.88. The Bertz CT molecular complexity index is 679. The van der Waals surface area contributed by atoms with Gasteiger partial charge in [-0.15, -0.1) is 0 Å². The molecule has 0 saturated heterocycles. The fourth-order valence-electron chi connectivity index (χ4n) is 2.78. The van der Waals surface area contributed by atoms with Gasteiger partial charge in [-0.3, -0.25) is 0 Å². The normalized spacial score (nSPS) is 15.6. The molecule has 2 aromatic rings. The Hall–Kier alpha value is -1.51. The summed E-state index contributed by atoms with van der Waals surface area (Å²) >= 11 is 6.24. The van der Waals surface area contributed by atoms with Crippen LogP contribution in [-0.4, -0.2) is 13.7 Å². The molecule has 0 unspecified atom stereocenters. The van der Waals surface area contributed by atoms with E-state index in [4.69, 9.17) is 16.3 Å². The van der Waals surface area contributed by atoms with E-state index in [1.165, 1.54) is 16.7 Å². The van der Waals surface area contributed by atoms with Crippen LogP contribution in [0, 0.1) is 0 Å². The lowest BCUT2D eigenvalue weighted by Crippen LogP contribution is -2.18. The van der Waals surface area contributed by atoms with Crippen LogP contribution in [-0.2, 0) is 12.0 Å². The molecule has 0 bridgehead atoms. The van der Waals surface area contributed by atoms with Crippen molar-refractivity contribution in [3.8, 4) is 16.9 Å². The van der Waals surface area contributed by atoms with Crippen molar-refractivity contribution < 1.29 is 4.74 Å². The zero-order valence-corrected chi connectivity index (χ0v) is 13.4. The Labute approximate surface area is 131 Å². The van der Waals surface area contributed by atoms with Gasteiger partial charge in [0.25, 0.3) is 0 Å². The highest BCUT2D eigenvalue weighted by Gasteiger charge is 2.31. The van der Waals surface area contributed by atoms with Gasteiger partial charge in [0.2, 0.25) is 0 Å². The van der Waals surface area contributed by atoms with Gasteiger partial charge < -0.3 is 10.1 Å². The van der Waals surface area contributed by atoms with E-state index in [1.54, 1.807) is 0 Å². The minimum atomic E-state index is 0.0750. The third-order valence-corrected chi connectivity index (χ3v) is 4.41. The lowest BCUT2D eigenvalue weighted by atomic mass is 9.85. The minimum Gasteiger partial charge on any atom is -0.492 e. The molecule has 1 aliphatic heterocycles. The van der Waals surface area contributed by atoms with Gasteiger partial charge >= 0.3 is 0 Å². The minimum absolute atomic E-state index is 0.0750.